The van der Waals surface area contributed by atoms with E-state index in [1.54, 1.807) is 0 Å². The predicted molar refractivity (Wildman–Crippen MR) is 95.8 cm³/mol. The summed E-state index contributed by atoms with van der Waals surface area (Å²) in [7, 11) is 3.90. The fraction of sp³-hybridized carbons (Fsp3) is 0.438. The number of fused-ring (bicyclic) bond motifs is 1. The Morgan fingerprint density at radius 1 is 1.00 bits per heavy atom. The fourth-order valence-corrected chi connectivity index (χ4v) is 2.81. The van der Waals surface area contributed by atoms with Gasteiger partial charge in [0.15, 0.2) is 11.2 Å². The first kappa shape index (κ1) is 22.3. The third kappa shape index (κ3) is 3.92. The third-order valence-corrected chi connectivity index (χ3v) is 4.24. The van der Waals surface area contributed by atoms with E-state index < -0.39 is 59.6 Å². The zero-order valence-corrected chi connectivity index (χ0v) is 16.4. The summed E-state index contributed by atoms with van der Waals surface area (Å²) >= 11 is 0. The number of hydrogen-bond acceptors (Lipinski definition) is 9. The molecule has 0 aliphatic rings. The highest BCUT2D eigenvalue weighted by atomic mass is 16.6. The molecule has 1 atom stereocenters. The lowest BCUT2D eigenvalue weighted by Crippen LogP contribution is -2.47. The average Bonchev–Trinajstić information content (AvgIpc) is 2.93. The number of carbonyl (C=O) groups excluding carboxylic acids is 2. The highest BCUT2D eigenvalue weighted by Crippen LogP contribution is 2.24. The van der Waals surface area contributed by atoms with Gasteiger partial charge in [-0.15, -0.1) is 0 Å². The second-order valence-corrected chi connectivity index (χ2v) is 6.45. The number of esters is 2. The van der Waals surface area contributed by atoms with Gasteiger partial charge >= 0.3 is 35.6 Å². The number of aryl methyl sites for hydroxylation is 2. The Hall–Kier alpha value is -3.97. The lowest BCUT2D eigenvalue weighted by molar-refractivity contribution is -0.184. The summed E-state index contributed by atoms with van der Waals surface area (Å²) in [6.07, 6.45) is -2.34. The number of ether oxygens (including phenoxy) is 2. The van der Waals surface area contributed by atoms with Gasteiger partial charge in [-0.25, -0.2) is 9.59 Å². The van der Waals surface area contributed by atoms with Crippen molar-refractivity contribution in [3.05, 3.63) is 20.8 Å². The summed E-state index contributed by atoms with van der Waals surface area (Å²) in [5, 5.41) is 18.4. The van der Waals surface area contributed by atoms with Crippen molar-refractivity contribution in [3.63, 3.8) is 0 Å². The Kier molecular flexibility index (Phi) is 5.81. The quantitative estimate of drug-likeness (QED) is 0.472. The summed E-state index contributed by atoms with van der Waals surface area (Å²) in [6.45, 7) is 0.854. The topological polar surface area (TPSA) is 189 Å². The van der Waals surface area contributed by atoms with Gasteiger partial charge in [0.05, 0.1) is 12.8 Å². The van der Waals surface area contributed by atoms with Crippen LogP contribution in [0.15, 0.2) is 9.59 Å². The van der Waals surface area contributed by atoms with Crippen LogP contribution >= 0.6 is 0 Å². The van der Waals surface area contributed by atoms with Crippen molar-refractivity contribution >= 4 is 35.0 Å². The molecule has 1 unspecified atom stereocenters. The molecule has 2 rings (SSSR count). The minimum atomic E-state index is -2.71. The first-order valence-corrected chi connectivity index (χ1v) is 8.28. The molecule has 0 aliphatic heterocycles. The monoisotopic (exact) mass is 426 g/mol. The average molecular weight is 426 g/mol. The molecule has 2 aromatic rings. The highest BCUT2D eigenvalue weighted by molar-refractivity contribution is 5.91. The van der Waals surface area contributed by atoms with Crippen molar-refractivity contribution in [1.82, 2.24) is 18.7 Å². The van der Waals surface area contributed by atoms with E-state index in [2.05, 4.69) is 9.72 Å². The van der Waals surface area contributed by atoms with Gasteiger partial charge in [-0.3, -0.25) is 32.9 Å². The van der Waals surface area contributed by atoms with Crippen LogP contribution in [0.5, 0.6) is 6.01 Å². The largest absolute Gasteiger partial charge is 0.481 e. The zero-order chi connectivity index (χ0) is 23.0. The van der Waals surface area contributed by atoms with Crippen LogP contribution in [0.2, 0.25) is 0 Å². The lowest BCUT2D eigenvalue weighted by Gasteiger charge is -2.26. The van der Waals surface area contributed by atoms with E-state index in [1.807, 2.05) is 0 Å². The van der Waals surface area contributed by atoms with Crippen LogP contribution in [-0.4, -0.2) is 58.4 Å². The van der Waals surface area contributed by atoms with Crippen molar-refractivity contribution in [1.29, 1.82) is 0 Å². The number of imidazole rings is 1. The van der Waals surface area contributed by atoms with Crippen molar-refractivity contribution in [2.45, 2.75) is 25.4 Å². The van der Waals surface area contributed by atoms with Gasteiger partial charge in [0.1, 0.15) is 0 Å². The van der Waals surface area contributed by atoms with Crippen molar-refractivity contribution in [2.24, 2.45) is 21.1 Å². The predicted octanol–water partition coefficient (Wildman–Crippen LogP) is -1.87. The Labute approximate surface area is 166 Å². The maximum absolute atomic E-state index is 12.4. The lowest BCUT2D eigenvalue weighted by atomic mass is 9.95. The Morgan fingerprint density at radius 3 is 2.10 bits per heavy atom. The molecule has 0 aromatic carbocycles. The normalized spacial score (nSPS) is 12.9. The number of carboxylic acid groups (broad SMARTS) is 2. The van der Waals surface area contributed by atoms with Crippen LogP contribution in [0.3, 0.4) is 0 Å². The second-order valence-electron chi connectivity index (χ2n) is 6.45. The minimum absolute atomic E-state index is 0.0718. The van der Waals surface area contributed by atoms with Gasteiger partial charge in [0.25, 0.3) is 5.56 Å². The van der Waals surface area contributed by atoms with E-state index in [0.29, 0.717) is 0 Å². The second kappa shape index (κ2) is 7.81. The van der Waals surface area contributed by atoms with Crippen LogP contribution in [0.25, 0.3) is 11.2 Å². The van der Waals surface area contributed by atoms with Crippen molar-refractivity contribution in [3.8, 4) is 6.01 Å². The molecule has 162 valence electrons. The van der Waals surface area contributed by atoms with E-state index in [0.717, 1.165) is 20.6 Å². The van der Waals surface area contributed by atoms with Crippen LogP contribution in [0.1, 0.15) is 19.8 Å². The van der Waals surface area contributed by atoms with Crippen LogP contribution < -0.4 is 16.0 Å². The van der Waals surface area contributed by atoms with Gasteiger partial charge in [-0.2, -0.15) is 4.98 Å². The molecule has 0 bridgehead atoms. The molecule has 0 aliphatic carbocycles. The first-order valence-electron chi connectivity index (χ1n) is 8.28. The Morgan fingerprint density at radius 2 is 1.60 bits per heavy atom. The number of carbonyl (C=O) groups is 4. The molecule has 2 aromatic heterocycles. The molecule has 14 heteroatoms. The summed E-state index contributed by atoms with van der Waals surface area (Å²) in [5.41, 5.74) is -4.26. The summed E-state index contributed by atoms with van der Waals surface area (Å²) in [6, 6.07) is -0.453. The van der Waals surface area contributed by atoms with Crippen molar-refractivity contribution in [2.75, 3.05) is 0 Å². The van der Waals surface area contributed by atoms with E-state index in [-0.39, 0.29) is 11.2 Å². The van der Waals surface area contributed by atoms with E-state index >= 15 is 0 Å². The molecule has 2 heterocycles. The third-order valence-electron chi connectivity index (χ3n) is 4.24. The molecule has 2 N–H and O–H groups in total. The molecule has 0 saturated carbocycles. The molecular weight excluding hydrogens is 408 g/mol. The van der Waals surface area contributed by atoms with Gasteiger partial charge in [0, 0.05) is 28.1 Å². The molecule has 0 fully saturated rings. The summed E-state index contributed by atoms with van der Waals surface area (Å²) < 4.78 is 12.6. The molecular formula is C16H18N4O10. The highest BCUT2D eigenvalue weighted by Gasteiger charge is 2.47. The number of aromatic nitrogens is 4. The Balaban J connectivity index is 2.47. The zero-order valence-electron chi connectivity index (χ0n) is 16.4. The summed E-state index contributed by atoms with van der Waals surface area (Å²) in [5.74, 6) is -5.90. The maximum atomic E-state index is 12.4. The van der Waals surface area contributed by atoms with Gasteiger partial charge in [-0.1, -0.05) is 0 Å². The van der Waals surface area contributed by atoms with Crippen LogP contribution in [-0.2, 0) is 45.1 Å². The maximum Gasteiger partial charge on any atom is 0.349 e. The number of carboxylic acids is 2. The molecule has 0 saturated heterocycles. The first-order chi connectivity index (χ1) is 13.8. The molecule has 0 radical (unpaired) electrons. The van der Waals surface area contributed by atoms with Gasteiger partial charge < -0.3 is 19.7 Å². The van der Waals surface area contributed by atoms with Crippen LogP contribution in [0.4, 0.5) is 0 Å². The number of aliphatic carboxylic acids is 2. The number of nitrogens with zero attached hydrogens (tertiary/aromatic N) is 4. The molecule has 0 amide bonds. The standard InChI is InChI=1S/C16H18N4O10/c1-7(21)30-16(13(26)27,5-8(22)23)6-9(24)29-14-17-11-10(18(14)2)12(25)20(4)15(28)19(11)3/h5-6H2,1-4H3,(H,22,23)(H,26,27). The van der Waals surface area contributed by atoms with Crippen molar-refractivity contribution < 1.29 is 38.9 Å². The molecule has 14 nitrogen and oxygen atoms in total. The molecule has 0 spiro atoms. The van der Waals surface area contributed by atoms with E-state index in [1.165, 1.54) is 21.1 Å². The van der Waals surface area contributed by atoms with E-state index in [9.17, 15) is 33.9 Å². The van der Waals surface area contributed by atoms with Crippen LogP contribution in [0, 0.1) is 0 Å². The van der Waals surface area contributed by atoms with E-state index in [4.69, 9.17) is 9.84 Å². The number of hydrogen-bond donors (Lipinski definition) is 2. The molecule has 30 heavy (non-hydrogen) atoms. The van der Waals surface area contributed by atoms with Gasteiger partial charge in [-0.05, 0) is 0 Å². The number of rotatable bonds is 7. The van der Waals surface area contributed by atoms with Gasteiger partial charge in [0.2, 0.25) is 5.60 Å². The SMILES string of the molecule is CC(=O)OC(CC(=O)O)(CC(=O)Oc1nc2c(c(=O)n(C)c(=O)n2C)n1C)C(=O)O. The summed E-state index contributed by atoms with van der Waals surface area (Å²) in [4.78, 5) is 74.5. The fourth-order valence-electron chi connectivity index (χ4n) is 2.81. The Bertz CT molecular complexity index is 1170. The smallest absolute Gasteiger partial charge is 0.349 e. The minimum Gasteiger partial charge on any atom is -0.481 e.